The van der Waals surface area contributed by atoms with Gasteiger partial charge in [0.2, 0.25) is 15.2 Å². The SMILES string of the molecule is O=S(=O)(NCc1cccc(-c2ccc(C3OC(CSc4nnnn4-c4ccc(O)cc4)CC(c4ccc(CO)cc4)O3)cc2)c1)c1ccccc1. The van der Waals surface area contributed by atoms with E-state index in [1.54, 1.807) is 59.3 Å². The van der Waals surface area contributed by atoms with Gasteiger partial charge in [-0.05, 0) is 80.7 Å². The minimum Gasteiger partial charge on any atom is -0.508 e. The van der Waals surface area contributed by atoms with Crippen LogP contribution in [0.25, 0.3) is 16.8 Å². The molecule has 1 aliphatic rings. The zero-order chi connectivity index (χ0) is 35.2. The third-order valence-corrected chi connectivity index (χ3v) is 11.0. The molecule has 1 fully saturated rings. The number of aromatic nitrogens is 4. The first-order chi connectivity index (χ1) is 24.8. The van der Waals surface area contributed by atoms with Gasteiger partial charge in [-0.25, -0.2) is 13.1 Å². The first kappa shape index (κ1) is 34.6. The summed E-state index contributed by atoms with van der Waals surface area (Å²) >= 11 is 1.47. The maximum Gasteiger partial charge on any atom is 0.240 e. The number of aliphatic hydroxyl groups excluding tert-OH is 1. The lowest BCUT2D eigenvalue weighted by molar-refractivity contribution is -0.245. The lowest BCUT2D eigenvalue weighted by Crippen LogP contribution is -2.31. The van der Waals surface area contributed by atoms with E-state index in [1.165, 1.54) is 11.8 Å². The molecule has 0 saturated carbocycles. The van der Waals surface area contributed by atoms with Crippen LogP contribution in [0.1, 0.15) is 41.1 Å². The second-order valence-corrected chi connectivity index (χ2v) is 14.8. The molecule has 1 aliphatic heterocycles. The second kappa shape index (κ2) is 15.6. The van der Waals surface area contributed by atoms with Gasteiger partial charge in [-0.15, -0.1) is 5.10 Å². The topological polar surface area (TPSA) is 149 Å². The largest absolute Gasteiger partial charge is 0.508 e. The van der Waals surface area contributed by atoms with Crippen molar-refractivity contribution in [3.8, 4) is 22.6 Å². The highest BCUT2D eigenvalue weighted by Gasteiger charge is 2.32. The van der Waals surface area contributed by atoms with Crippen LogP contribution in [0.15, 0.2) is 137 Å². The fraction of sp³-hybridized carbons (Fsp3) is 0.184. The van der Waals surface area contributed by atoms with Crippen molar-refractivity contribution in [3.63, 3.8) is 0 Å². The molecule has 0 aliphatic carbocycles. The Morgan fingerprint density at radius 3 is 2.29 bits per heavy atom. The Morgan fingerprint density at radius 2 is 1.55 bits per heavy atom. The van der Waals surface area contributed by atoms with Crippen molar-refractivity contribution in [3.05, 3.63) is 150 Å². The van der Waals surface area contributed by atoms with Gasteiger partial charge in [-0.3, -0.25) is 0 Å². The van der Waals surface area contributed by atoms with E-state index in [0.29, 0.717) is 17.3 Å². The number of phenolic OH excluding ortho intramolecular Hbond substituents is 1. The highest BCUT2D eigenvalue weighted by molar-refractivity contribution is 7.99. The van der Waals surface area contributed by atoms with Gasteiger partial charge in [0.1, 0.15) is 5.75 Å². The highest BCUT2D eigenvalue weighted by atomic mass is 32.2. The maximum absolute atomic E-state index is 12.7. The Labute approximate surface area is 299 Å². The number of benzene rings is 5. The summed E-state index contributed by atoms with van der Waals surface area (Å²) in [5, 5.41) is 32.1. The third kappa shape index (κ3) is 8.37. The summed E-state index contributed by atoms with van der Waals surface area (Å²) in [6.07, 6.45) is -0.516. The van der Waals surface area contributed by atoms with E-state index in [2.05, 4.69) is 20.2 Å². The highest BCUT2D eigenvalue weighted by Crippen LogP contribution is 2.40. The summed E-state index contributed by atoms with van der Waals surface area (Å²) in [6, 6.07) is 38.5. The Morgan fingerprint density at radius 1 is 0.804 bits per heavy atom. The van der Waals surface area contributed by atoms with Crippen molar-refractivity contribution in [2.75, 3.05) is 5.75 Å². The van der Waals surface area contributed by atoms with E-state index in [-0.39, 0.29) is 36.0 Å². The van der Waals surface area contributed by atoms with Crippen molar-refractivity contribution >= 4 is 21.8 Å². The molecule has 11 nitrogen and oxygen atoms in total. The number of sulfonamides is 1. The predicted molar refractivity (Wildman–Crippen MR) is 192 cm³/mol. The molecule has 6 aromatic rings. The number of hydrogen-bond acceptors (Lipinski definition) is 10. The van der Waals surface area contributed by atoms with Crippen molar-refractivity contribution < 1.29 is 28.1 Å². The van der Waals surface area contributed by atoms with E-state index in [0.717, 1.165) is 39.1 Å². The minimum absolute atomic E-state index is 0.0366. The number of nitrogens with one attached hydrogen (secondary N) is 1. The van der Waals surface area contributed by atoms with E-state index >= 15 is 0 Å². The molecule has 13 heteroatoms. The number of tetrazole rings is 1. The van der Waals surface area contributed by atoms with Crippen LogP contribution in [0.4, 0.5) is 0 Å². The van der Waals surface area contributed by atoms with Crippen LogP contribution in [0.5, 0.6) is 5.75 Å². The average molecular weight is 722 g/mol. The maximum atomic E-state index is 12.7. The molecule has 3 atom stereocenters. The fourth-order valence-corrected chi connectivity index (χ4v) is 7.72. The smallest absolute Gasteiger partial charge is 0.240 e. The molecule has 51 heavy (non-hydrogen) atoms. The molecule has 7 rings (SSSR count). The van der Waals surface area contributed by atoms with Crippen molar-refractivity contribution in [1.82, 2.24) is 24.9 Å². The molecular weight excluding hydrogens is 687 g/mol. The number of thioether (sulfide) groups is 1. The van der Waals surface area contributed by atoms with Gasteiger partial charge >= 0.3 is 0 Å². The van der Waals surface area contributed by atoms with Crippen LogP contribution >= 0.6 is 11.8 Å². The van der Waals surface area contributed by atoms with Crippen molar-refractivity contribution in [2.24, 2.45) is 0 Å². The first-order valence-electron chi connectivity index (χ1n) is 16.3. The Kier molecular flexibility index (Phi) is 10.5. The number of phenols is 1. The van der Waals surface area contributed by atoms with Crippen molar-refractivity contribution in [1.29, 1.82) is 0 Å². The molecule has 2 heterocycles. The Bertz CT molecular complexity index is 2160. The lowest BCUT2D eigenvalue weighted by Gasteiger charge is -2.36. The summed E-state index contributed by atoms with van der Waals surface area (Å²) in [5.41, 5.74) is 6.14. The molecule has 0 bridgehead atoms. The number of hydrogen-bond donors (Lipinski definition) is 3. The second-order valence-electron chi connectivity index (χ2n) is 12.0. The molecule has 1 saturated heterocycles. The van der Waals surface area contributed by atoms with Crippen LogP contribution in [-0.4, -0.2) is 50.7 Å². The van der Waals surface area contributed by atoms with E-state index < -0.39 is 16.3 Å². The molecule has 260 valence electrons. The van der Waals surface area contributed by atoms with Gasteiger partial charge in [0, 0.05) is 24.3 Å². The molecule has 3 N–H and O–H groups in total. The first-order valence-corrected chi connectivity index (χ1v) is 18.8. The van der Waals surface area contributed by atoms with Crippen LogP contribution in [0, 0.1) is 0 Å². The molecule has 0 spiro atoms. The van der Waals surface area contributed by atoms with Crippen LogP contribution in [0.2, 0.25) is 0 Å². The summed E-state index contributed by atoms with van der Waals surface area (Å²) in [7, 11) is -3.63. The number of nitrogens with zero attached hydrogens (tertiary/aromatic N) is 4. The predicted octanol–water partition coefficient (Wildman–Crippen LogP) is 6.34. The zero-order valence-electron chi connectivity index (χ0n) is 27.3. The van der Waals surface area contributed by atoms with Gasteiger partial charge in [0.05, 0.1) is 29.4 Å². The molecule has 5 aromatic carbocycles. The Balaban J connectivity index is 1.07. The summed E-state index contributed by atoms with van der Waals surface area (Å²) < 4.78 is 42.9. The van der Waals surface area contributed by atoms with Crippen LogP contribution in [0.3, 0.4) is 0 Å². The fourth-order valence-electron chi connectivity index (χ4n) is 5.77. The van der Waals surface area contributed by atoms with Gasteiger partial charge < -0.3 is 19.7 Å². The van der Waals surface area contributed by atoms with E-state index in [4.69, 9.17) is 9.47 Å². The van der Waals surface area contributed by atoms with Gasteiger partial charge in [-0.2, -0.15) is 4.68 Å². The monoisotopic (exact) mass is 721 g/mol. The summed E-state index contributed by atoms with van der Waals surface area (Å²) in [5.74, 6) is 0.717. The normalized spacial score (nSPS) is 17.7. The van der Waals surface area contributed by atoms with Gasteiger partial charge in [0.15, 0.2) is 6.29 Å². The molecular formula is C38H35N5O6S2. The summed E-state index contributed by atoms with van der Waals surface area (Å²) in [6.45, 7) is 0.124. The minimum atomic E-state index is -3.63. The molecule has 1 aromatic heterocycles. The summed E-state index contributed by atoms with van der Waals surface area (Å²) in [4.78, 5) is 0.225. The van der Waals surface area contributed by atoms with Gasteiger partial charge in [-0.1, -0.05) is 96.7 Å². The number of ether oxygens (including phenoxy) is 2. The van der Waals surface area contributed by atoms with Crippen LogP contribution < -0.4 is 4.72 Å². The van der Waals surface area contributed by atoms with E-state index in [1.807, 2.05) is 72.8 Å². The zero-order valence-corrected chi connectivity index (χ0v) is 29.0. The quantitative estimate of drug-likeness (QED) is 0.122. The Hall–Kier alpha value is -4.89. The number of rotatable bonds is 12. The average Bonchev–Trinajstić information content (AvgIpc) is 3.66. The van der Waals surface area contributed by atoms with Crippen molar-refractivity contribution in [2.45, 2.75) is 48.1 Å². The number of aromatic hydroxyl groups is 1. The third-order valence-electron chi connectivity index (χ3n) is 8.51. The van der Waals surface area contributed by atoms with E-state index in [9.17, 15) is 18.6 Å². The standard InChI is InChI=1S/C38H35N5O6S2/c44-24-26-9-11-29(12-10-26)36-22-34(25-50-38-40-41-42-43(38)32-17-19-33(45)20-18-32)48-37(49-36)30-15-13-28(14-16-30)31-6-4-5-27(21-31)23-39-51(46,47)35-7-2-1-3-8-35/h1-21,34,36-37,39,44-45H,22-25H2. The molecule has 3 unspecified atom stereocenters. The molecule has 0 radical (unpaired) electrons. The van der Waals surface area contributed by atoms with Gasteiger partial charge in [0.25, 0.3) is 0 Å². The number of aliphatic hydroxyl groups is 1. The molecule has 0 amide bonds. The lowest BCUT2D eigenvalue weighted by atomic mass is 9.99. The van der Waals surface area contributed by atoms with Crippen LogP contribution in [-0.2, 0) is 32.6 Å².